The molecule has 0 aromatic rings. The Morgan fingerprint density at radius 1 is 0.804 bits per heavy atom. The predicted octanol–water partition coefficient (Wildman–Crippen LogP) is 9.37. The van der Waals surface area contributed by atoms with Gasteiger partial charge in [0, 0.05) is 32.1 Å². The Labute approximate surface area is 282 Å². The summed E-state index contributed by atoms with van der Waals surface area (Å²) in [6.07, 6.45) is 23.7. The van der Waals surface area contributed by atoms with Crippen molar-refractivity contribution >= 4 is 12.1 Å². The van der Waals surface area contributed by atoms with Crippen molar-refractivity contribution in [1.82, 2.24) is 4.90 Å². The minimum atomic E-state index is -0.574. The van der Waals surface area contributed by atoms with Gasteiger partial charge in [-0.2, -0.15) is 0 Å². The summed E-state index contributed by atoms with van der Waals surface area (Å²) in [6, 6.07) is 0. The standard InChI is InChI=1S/C38H68NO7/c1-5-9-12-14-16-19-30-43-37(44-31-20-17-15-13-10-6-2)27-26-36(40)42-29-21-18-25-35(24-11-7-3)46-38(41)45-33-34-23-22-28-39(8-4)32-34/h9-10,12-13,34-35,37H,3,5-8,11,14-33H2,1-2,4H3/b12-9-,13-10-. The molecular weight excluding hydrogens is 582 g/mol. The Morgan fingerprint density at radius 2 is 1.46 bits per heavy atom. The summed E-state index contributed by atoms with van der Waals surface area (Å²) in [7, 11) is 0. The molecule has 0 aromatic heterocycles. The second kappa shape index (κ2) is 30.4. The molecule has 2 unspecified atom stereocenters. The van der Waals surface area contributed by atoms with Crippen LogP contribution >= 0.6 is 0 Å². The molecule has 0 spiro atoms. The number of rotatable bonds is 29. The number of hydrogen-bond donors (Lipinski definition) is 0. The second-order valence-corrected chi connectivity index (χ2v) is 12.4. The zero-order valence-corrected chi connectivity index (χ0v) is 29.7. The molecular formula is C38H68NO7. The van der Waals surface area contributed by atoms with Crippen molar-refractivity contribution in [3.05, 3.63) is 31.2 Å². The molecule has 0 bridgehead atoms. The molecule has 1 aliphatic heterocycles. The number of ether oxygens (including phenoxy) is 5. The number of piperidine rings is 1. The van der Waals surface area contributed by atoms with Crippen LogP contribution in [-0.4, -0.2) is 75.5 Å². The SMILES string of the molecule is [CH2]CCCC(CCCCOC(=O)CCC(OCCCC/C=C\CC)OCCCC/C=C\CC)OC(=O)OCC1CCCN(CC)C1. The summed E-state index contributed by atoms with van der Waals surface area (Å²) in [6.45, 7) is 15.5. The van der Waals surface area contributed by atoms with Crippen molar-refractivity contribution in [3.63, 3.8) is 0 Å². The summed E-state index contributed by atoms with van der Waals surface area (Å²) in [4.78, 5) is 27.3. The van der Waals surface area contributed by atoms with Crippen LogP contribution in [0.4, 0.5) is 4.79 Å². The van der Waals surface area contributed by atoms with Gasteiger partial charge in [0.25, 0.3) is 0 Å². The lowest BCUT2D eigenvalue weighted by molar-refractivity contribution is -0.159. The fourth-order valence-corrected chi connectivity index (χ4v) is 5.47. The Hall–Kier alpha value is -1.90. The van der Waals surface area contributed by atoms with Crippen LogP contribution in [0.1, 0.15) is 136 Å². The number of likely N-dealkylation sites (tertiary alicyclic amines) is 1. The Balaban J connectivity index is 2.32. The van der Waals surface area contributed by atoms with Crippen LogP contribution in [0.25, 0.3) is 0 Å². The van der Waals surface area contributed by atoms with Crippen LogP contribution in [0.5, 0.6) is 0 Å². The quantitative estimate of drug-likeness (QED) is 0.0343. The molecule has 1 aliphatic rings. The molecule has 0 N–H and O–H groups in total. The number of carbonyl (C=O) groups excluding carboxylic acids is 2. The van der Waals surface area contributed by atoms with E-state index < -0.39 is 6.16 Å². The first-order chi connectivity index (χ1) is 22.5. The highest BCUT2D eigenvalue weighted by molar-refractivity contribution is 5.69. The molecule has 46 heavy (non-hydrogen) atoms. The smallest absolute Gasteiger partial charge is 0.466 e. The topological polar surface area (TPSA) is 83.5 Å². The van der Waals surface area contributed by atoms with Crippen molar-refractivity contribution in [2.24, 2.45) is 5.92 Å². The van der Waals surface area contributed by atoms with E-state index >= 15 is 0 Å². The average Bonchev–Trinajstić information content (AvgIpc) is 3.07. The molecule has 8 heteroatoms. The number of allylic oxidation sites excluding steroid dienone is 4. The van der Waals surface area contributed by atoms with Gasteiger partial charge in [-0.15, -0.1) is 0 Å². The average molecular weight is 651 g/mol. The van der Waals surface area contributed by atoms with E-state index in [0.717, 1.165) is 116 Å². The zero-order valence-electron chi connectivity index (χ0n) is 29.7. The molecule has 0 aliphatic carbocycles. The summed E-state index contributed by atoms with van der Waals surface area (Å²) in [5.74, 6) is 0.142. The molecule has 0 amide bonds. The van der Waals surface area contributed by atoms with Gasteiger partial charge in [0.15, 0.2) is 6.29 Å². The molecule has 1 fully saturated rings. The Bertz CT molecular complexity index is 763. The predicted molar refractivity (Wildman–Crippen MR) is 187 cm³/mol. The first kappa shape index (κ1) is 42.1. The van der Waals surface area contributed by atoms with Gasteiger partial charge in [0.2, 0.25) is 0 Å². The normalized spacial score (nSPS) is 16.4. The van der Waals surface area contributed by atoms with Crippen molar-refractivity contribution in [2.75, 3.05) is 46.1 Å². The summed E-state index contributed by atoms with van der Waals surface area (Å²) in [5.41, 5.74) is 0. The number of esters is 1. The zero-order chi connectivity index (χ0) is 33.5. The molecule has 267 valence electrons. The van der Waals surface area contributed by atoms with E-state index in [0.29, 0.717) is 45.2 Å². The van der Waals surface area contributed by atoms with Crippen LogP contribution in [-0.2, 0) is 28.5 Å². The first-order valence-electron chi connectivity index (χ1n) is 18.6. The lowest BCUT2D eigenvalue weighted by atomic mass is 9.99. The summed E-state index contributed by atoms with van der Waals surface area (Å²) in [5, 5.41) is 0. The molecule has 1 radical (unpaired) electrons. The van der Waals surface area contributed by atoms with Crippen LogP contribution in [0.15, 0.2) is 24.3 Å². The van der Waals surface area contributed by atoms with Gasteiger partial charge >= 0.3 is 12.1 Å². The van der Waals surface area contributed by atoms with Crippen molar-refractivity contribution in [1.29, 1.82) is 0 Å². The third-order valence-corrected chi connectivity index (χ3v) is 8.24. The Kier molecular flexibility index (Phi) is 27.9. The van der Waals surface area contributed by atoms with Gasteiger partial charge in [0.05, 0.1) is 19.6 Å². The molecule has 2 atom stereocenters. The number of nitrogens with zero attached hydrogens (tertiary/aromatic N) is 1. The number of hydrogen-bond acceptors (Lipinski definition) is 8. The van der Waals surface area contributed by atoms with E-state index in [1.165, 1.54) is 0 Å². The fourth-order valence-electron chi connectivity index (χ4n) is 5.47. The third-order valence-electron chi connectivity index (χ3n) is 8.24. The molecule has 1 saturated heterocycles. The summed E-state index contributed by atoms with van der Waals surface area (Å²) < 4.78 is 28.7. The van der Waals surface area contributed by atoms with E-state index in [1.807, 2.05) is 0 Å². The van der Waals surface area contributed by atoms with Crippen LogP contribution in [0.2, 0.25) is 0 Å². The molecule has 8 nitrogen and oxygen atoms in total. The fraction of sp³-hybridized carbons (Fsp3) is 0.816. The maximum Gasteiger partial charge on any atom is 0.508 e. The second-order valence-electron chi connectivity index (χ2n) is 12.4. The number of unbranched alkanes of at least 4 members (excludes halogenated alkanes) is 6. The minimum absolute atomic E-state index is 0.205. The highest BCUT2D eigenvalue weighted by Crippen LogP contribution is 2.18. The summed E-state index contributed by atoms with van der Waals surface area (Å²) >= 11 is 0. The first-order valence-corrected chi connectivity index (χ1v) is 18.6. The van der Waals surface area contributed by atoms with Gasteiger partial charge in [-0.3, -0.25) is 4.79 Å². The van der Waals surface area contributed by atoms with Gasteiger partial charge in [-0.1, -0.05) is 58.4 Å². The van der Waals surface area contributed by atoms with Crippen molar-refractivity contribution in [3.8, 4) is 0 Å². The van der Waals surface area contributed by atoms with Gasteiger partial charge in [0.1, 0.15) is 6.10 Å². The minimum Gasteiger partial charge on any atom is -0.466 e. The van der Waals surface area contributed by atoms with Crippen LogP contribution in [0, 0.1) is 12.8 Å². The van der Waals surface area contributed by atoms with E-state index in [4.69, 9.17) is 23.7 Å². The molecule has 1 heterocycles. The maximum atomic E-state index is 12.5. The monoisotopic (exact) mass is 650 g/mol. The molecule has 0 aromatic carbocycles. The van der Waals surface area contributed by atoms with Gasteiger partial charge < -0.3 is 28.6 Å². The molecule has 1 rings (SSSR count). The maximum absolute atomic E-state index is 12.5. The lowest BCUT2D eigenvalue weighted by Crippen LogP contribution is -2.37. The highest BCUT2D eigenvalue weighted by atomic mass is 16.7. The third kappa shape index (κ3) is 24.3. The van der Waals surface area contributed by atoms with Crippen molar-refractivity contribution < 1.29 is 33.3 Å². The highest BCUT2D eigenvalue weighted by Gasteiger charge is 2.22. The van der Waals surface area contributed by atoms with E-state index in [-0.39, 0.29) is 24.8 Å². The molecule has 0 saturated carbocycles. The number of carbonyl (C=O) groups is 2. The van der Waals surface area contributed by atoms with E-state index in [2.05, 4.69) is 56.9 Å². The van der Waals surface area contributed by atoms with E-state index in [9.17, 15) is 9.59 Å². The van der Waals surface area contributed by atoms with Gasteiger partial charge in [-0.25, -0.2) is 4.79 Å². The van der Waals surface area contributed by atoms with Gasteiger partial charge in [-0.05, 0) is 109 Å². The Morgan fingerprint density at radius 3 is 2.09 bits per heavy atom. The largest absolute Gasteiger partial charge is 0.508 e. The van der Waals surface area contributed by atoms with Crippen LogP contribution < -0.4 is 0 Å². The lowest BCUT2D eigenvalue weighted by Gasteiger charge is -2.31. The van der Waals surface area contributed by atoms with Crippen molar-refractivity contribution in [2.45, 2.75) is 149 Å². The van der Waals surface area contributed by atoms with E-state index in [1.54, 1.807) is 0 Å². The van der Waals surface area contributed by atoms with Crippen LogP contribution in [0.3, 0.4) is 0 Å².